The van der Waals surface area contributed by atoms with Gasteiger partial charge in [-0.05, 0) is 32.2 Å². The Morgan fingerprint density at radius 2 is 2.28 bits per heavy atom. The van der Waals surface area contributed by atoms with Gasteiger partial charge in [-0.1, -0.05) is 18.0 Å². The molecule has 1 aromatic rings. The van der Waals surface area contributed by atoms with E-state index in [0.717, 1.165) is 13.0 Å². The molecule has 4 nitrogen and oxygen atoms in total. The summed E-state index contributed by atoms with van der Waals surface area (Å²) in [5.74, 6) is 0.557. The molecule has 1 aromatic heterocycles. The van der Waals surface area contributed by atoms with Crippen LogP contribution in [0.4, 0.5) is 0 Å². The Labute approximate surface area is 119 Å². The van der Waals surface area contributed by atoms with Crippen LogP contribution < -0.4 is 10.1 Å². The number of hydrogen-bond donors (Lipinski definition) is 1. The number of halogens is 2. The number of rotatable bonds is 5. The Bertz CT molecular complexity index is 346. The first-order valence-electron chi connectivity index (χ1n) is 6.18. The predicted octanol–water partition coefficient (Wildman–Crippen LogP) is 2.85. The van der Waals surface area contributed by atoms with E-state index in [1.54, 1.807) is 6.07 Å². The smallest absolute Gasteiger partial charge is 0.217 e. The van der Waals surface area contributed by atoms with Gasteiger partial charge in [0.25, 0.3) is 0 Å². The third-order valence-electron chi connectivity index (χ3n) is 2.97. The molecule has 18 heavy (non-hydrogen) atoms. The second-order valence-corrected chi connectivity index (χ2v) is 4.70. The number of hydrogen-bond acceptors (Lipinski definition) is 4. The van der Waals surface area contributed by atoms with Gasteiger partial charge in [0, 0.05) is 12.1 Å². The quantitative estimate of drug-likeness (QED) is 0.669. The molecule has 0 amide bonds. The highest BCUT2D eigenvalue weighted by Gasteiger charge is 2.11. The fourth-order valence-electron chi connectivity index (χ4n) is 2.07. The van der Waals surface area contributed by atoms with E-state index >= 15 is 0 Å². The van der Waals surface area contributed by atoms with Crippen LogP contribution in [0, 0.1) is 0 Å². The molecule has 0 spiro atoms. The van der Waals surface area contributed by atoms with Crippen LogP contribution in [0.15, 0.2) is 12.4 Å². The van der Waals surface area contributed by atoms with Crippen LogP contribution in [0.5, 0.6) is 5.88 Å². The zero-order valence-electron chi connectivity index (χ0n) is 10.3. The van der Waals surface area contributed by atoms with Gasteiger partial charge in [0.2, 0.25) is 5.88 Å². The summed E-state index contributed by atoms with van der Waals surface area (Å²) in [4.78, 5) is 7.80. The molecule has 0 radical (unpaired) electrons. The van der Waals surface area contributed by atoms with Crippen molar-refractivity contribution in [1.82, 2.24) is 15.3 Å². The molecule has 1 aliphatic rings. The lowest BCUT2D eigenvalue weighted by molar-refractivity contribution is 0.276. The Balaban J connectivity index is 0.00000162. The van der Waals surface area contributed by atoms with Crippen molar-refractivity contribution in [2.45, 2.75) is 38.1 Å². The van der Waals surface area contributed by atoms with E-state index in [1.165, 1.54) is 32.0 Å². The van der Waals surface area contributed by atoms with Gasteiger partial charge in [0.15, 0.2) is 0 Å². The second kappa shape index (κ2) is 8.51. The fourth-order valence-corrected chi connectivity index (χ4v) is 2.21. The standard InChI is InChI=1S/C12H18ClN3O.ClH/c13-11-8-12(16-9-15-11)17-7-3-5-10-4-1-2-6-14-10;/h8-10,14H,1-7H2;1H. The van der Waals surface area contributed by atoms with Gasteiger partial charge < -0.3 is 10.1 Å². The van der Waals surface area contributed by atoms with Gasteiger partial charge in [-0.25, -0.2) is 9.97 Å². The summed E-state index contributed by atoms with van der Waals surface area (Å²) < 4.78 is 5.51. The van der Waals surface area contributed by atoms with Gasteiger partial charge in [-0.3, -0.25) is 0 Å². The largest absolute Gasteiger partial charge is 0.478 e. The number of nitrogens with zero attached hydrogens (tertiary/aromatic N) is 2. The monoisotopic (exact) mass is 291 g/mol. The summed E-state index contributed by atoms with van der Waals surface area (Å²) in [6, 6.07) is 2.31. The van der Waals surface area contributed by atoms with Crippen LogP contribution >= 0.6 is 24.0 Å². The topological polar surface area (TPSA) is 47.0 Å². The molecule has 0 bridgehead atoms. The van der Waals surface area contributed by atoms with Crippen LogP contribution in [0.3, 0.4) is 0 Å². The number of piperidine rings is 1. The fraction of sp³-hybridized carbons (Fsp3) is 0.667. The van der Waals surface area contributed by atoms with Crippen LogP contribution in [0.1, 0.15) is 32.1 Å². The van der Waals surface area contributed by atoms with Crippen LogP contribution in [0.25, 0.3) is 0 Å². The molecule has 102 valence electrons. The molecule has 2 rings (SSSR count). The van der Waals surface area contributed by atoms with Crippen molar-refractivity contribution in [2.24, 2.45) is 0 Å². The molecular weight excluding hydrogens is 273 g/mol. The van der Waals surface area contributed by atoms with Crippen molar-refractivity contribution in [3.8, 4) is 5.88 Å². The maximum absolute atomic E-state index is 5.74. The van der Waals surface area contributed by atoms with E-state index in [-0.39, 0.29) is 12.4 Å². The van der Waals surface area contributed by atoms with Crippen molar-refractivity contribution < 1.29 is 4.74 Å². The molecule has 1 N–H and O–H groups in total. The average Bonchev–Trinajstić information content (AvgIpc) is 2.36. The minimum atomic E-state index is 0. The number of nitrogens with one attached hydrogen (secondary N) is 1. The molecule has 6 heteroatoms. The SMILES string of the molecule is Cl.Clc1cc(OCCCC2CCCCN2)ncn1. The van der Waals surface area contributed by atoms with Crippen LogP contribution in [0.2, 0.25) is 5.15 Å². The normalized spacial score (nSPS) is 19.1. The zero-order valence-corrected chi connectivity index (χ0v) is 11.8. The Morgan fingerprint density at radius 3 is 3.00 bits per heavy atom. The third kappa shape index (κ3) is 5.38. The van der Waals surface area contributed by atoms with Gasteiger partial charge in [-0.2, -0.15) is 0 Å². The van der Waals surface area contributed by atoms with E-state index < -0.39 is 0 Å². The first-order valence-corrected chi connectivity index (χ1v) is 6.56. The average molecular weight is 292 g/mol. The Morgan fingerprint density at radius 1 is 1.39 bits per heavy atom. The summed E-state index contributed by atoms with van der Waals surface area (Å²) >= 11 is 5.74. The van der Waals surface area contributed by atoms with Crippen molar-refractivity contribution in [1.29, 1.82) is 0 Å². The van der Waals surface area contributed by atoms with Crippen molar-refractivity contribution in [2.75, 3.05) is 13.2 Å². The third-order valence-corrected chi connectivity index (χ3v) is 3.17. The van der Waals surface area contributed by atoms with Crippen molar-refractivity contribution in [3.63, 3.8) is 0 Å². The zero-order chi connectivity index (χ0) is 11.9. The summed E-state index contributed by atoms with van der Waals surface area (Å²) in [5.41, 5.74) is 0. The highest BCUT2D eigenvalue weighted by molar-refractivity contribution is 6.29. The van der Waals surface area contributed by atoms with Crippen LogP contribution in [-0.4, -0.2) is 29.2 Å². The lowest BCUT2D eigenvalue weighted by Crippen LogP contribution is -2.34. The maximum atomic E-state index is 5.74. The lowest BCUT2D eigenvalue weighted by Gasteiger charge is -2.23. The van der Waals surface area contributed by atoms with Gasteiger partial charge in [-0.15, -0.1) is 12.4 Å². The van der Waals surface area contributed by atoms with Crippen LogP contribution in [-0.2, 0) is 0 Å². The Hall–Kier alpha value is -0.580. The molecule has 0 saturated carbocycles. The first kappa shape index (κ1) is 15.5. The maximum Gasteiger partial charge on any atom is 0.217 e. The molecule has 2 heterocycles. The van der Waals surface area contributed by atoms with E-state index in [1.807, 2.05) is 0 Å². The molecule has 0 aromatic carbocycles. The Kier molecular flexibility index (Phi) is 7.32. The summed E-state index contributed by atoms with van der Waals surface area (Å²) in [6.45, 7) is 1.85. The van der Waals surface area contributed by atoms with E-state index in [0.29, 0.717) is 23.7 Å². The molecular formula is C12H19Cl2N3O. The number of aromatic nitrogens is 2. The van der Waals surface area contributed by atoms with Gasteiger partial charge in [0.1, 0.15) is 11.5 Å². The summed E-state index contributed by atoms with van der Waals surface area (Å²) in [5, 5.41) is 3.94. The van der Waals surface area contributed by atoms with Crippen molar-refractivity contribution in [3.05, 3.63) is 17.5 Å². The molecule has 1 fully saturated rings. The highest BCUT2D eigenvalue weighted by atomic mass is 35.5. The molecule has 0 aliphatic carbocycles. The predicted molar refractivity (Wildman–Crippen MR) is 74.7 cm³/mol. The minimum Gasteiger partial charge on any atom is -0.478 e. The first-order chi connectivity index (χ1) is 8.34. The van der Waals surface area contributed by atoms with E-state index in [2.05, 4.69) is 15.3 Å². The summed E-state index contributed by atoms with van der Waals surface area (Å²) in [7, 11) is 0. The molecule has 1 atom stereocenters. The second-order valence-electron chi connectivity index (χ2n) is 4.32. The van der Waals surface area contributed by atoms with Gasteiger partial charge >= 0.3 is 0 Å². The highest BCUT2D eigenvalue weighted by Crippen LogP contribution is 2.14. The molecule has 1 saturated heterocycles. The van der Waals surface area contributed by atoms with Gasteiger partial charge in [0.05, 0.1) is 6.61 Å². The minimum absolute atomic E-state index is 0. The van der Waals surface area contributed by atoms with E-state index in [4.69, 9.17) is 16.3 Å². The van der Waals surface area contributed by atoms with E-state index in [9.17, 15) is 0 Å². The molecule has 1 aliphatic heterocycles. The lowest BCUT2D eigenvalue weighted by atomic mass is 10.0. The number of ether oxygens (including phenoxy) is 1. The molecule has 1 unspecified atom stereocenters. The van der Waals surface area contributed by atoms with Crippen molar-refractivity contribution >= 4 is 24.0 Å². The summed E-state index contributed by atoms with van der Waals surface area (Å²) in [6.07, 6.45) is 7.57.